The van der Waals surface area contributed by atoms with Crippen molar-refractivity contribution in [2.75, 3.05) is 21.9 Å². The van der Waals surface area contributed by atoms with Crippen LogP contribution in [0, 0.1) is 5.92 Å². The minimum absolute atomic E-state index is 0.0338. The molecular formula is C21H26N2O3S. The average Bonchev–Trinajstić information content (AvgIpc) is 2.63. The second-order valence-corrected chi connectivity index (χ2v) is 9.24. The Morgan fingerprint density at radius 2 is 1.81 bits per heavy atom. The number of rotatable bonds is 7. The lowest BCUT2D eigenvalue weighted by Gasteiger charge is -2.31. The summed E-state index contributed by atoms with van der Waals surface area (Å²) >= 11 is 0. The van der Waals surface area contributed by atoms with Gasteiger partial charge in [-0.05, 0) is 48.1 Å². The number of nitrogens with zero attached hydrogens (tertiary/aromatic N) is 1. The molecule has 1 amide bonds. The molecule has 5 nitrogen and oxygen atoms in total. The highest BCUT2D eigenvalue weighted by molar-refractivity contribution is 7.92. The smallest absolute Gasteiger partial charge is 0.233 e. The molecule has 0 aromatic heterocycles. The summed E-state index contributed by atoms with van der Waals surface area (Å²) in [6, 6.07) is 15.0. The van der Waals surface area contributed by atoms with Crippen LogP contribution < -0.4 is 9.62 Å². The number of benzene rings is 2. The van der Waals surface area contributed by atoms with Gasteiger partial charge in [-0.15, -0.1) is 0 Å². The van der Waals surface area contributed by atoms with E-state index in [-0.39, 0.29) is 11.7 Å². The van der Waals surface area contributed by atoms with Crippen LogP contribution in [-0.4, -0.2) is 26.6 Å². The van der Waals surface area contributed by atoms with Crippen LogP contribution in [0.2, 0.25) is 0 Å². The Balaban J connectivity index is 1.72. The largest absolute Gasteiger partial charge is 0.312 e. The Kier molecular flexibility index (Phi) is 5.85. The molecule has 6 heteroatoms. The number of nitrogens with one attached hydrogen (secondary N) is 1. The fourth-order valence-electron chi connectivity index (χ4n) is 3.32. The third kappa shape index (κ3) is 5.10. The lowest BCUT2D eigenvalue weighted by atomic mass is 9.99. The van der Waals surface area contributed by atoms with E-state index in [4.69, 9.17) is 0 Å². The van der Waals surface area contributed by atoms with Gasteiger partial charge in [0.05, 0.1) is 5.75 Å². The second kappa shape index (κ2) is 8.13. The first-order valence-corrected chi connectivity index (χ1v) is 11.0. The molecule has 0 unspecified atom stereocenters. The molecule has 0 saturated heterocycles. The van der Waals surface area contributed by atoms with Gasteiger partial charge in [-0.25, -0.2) is 8.42 Å². The normalized spacial score (nSPS) is 14.3. The van der Waals surface area contributed by atoms with Crippen LogP contribution >= 0.6 is 0 Å². The minimum Gasteiger partial charge on any atom is -0.312 e. The van der Waals surface area contributed by atoms with Gasteiger partial charge < -0.3 is 4.90 Å². The highest BCUT2D eigenvalue weighted by atomic mass is 32.2. The molecule has 1 aliphatic rings. The molecule has 2 aromatic rings. The first kappa shape index (κ1) is 19.4. The molecule has 3 rings (SSSR count). The average molecular weight is 387 g/mol. The molecule has 0 bridgehead atoms. The Hall–Kier alpha value is -2.34. The number of hydrogen-bond acceptors (Lipinski definition) is 3. The van der Waals surface area contributed by atoms with Crippen molar-refractivity contribution in [1.82, 2.24) is 0 Å². The van der Waals surface area contributed by atoms with E-state index in [1.807, 2.05) is 47.4 Å². The van der Waals surface area contributed by atoms with Crippen molar-refractivity contribution in [3.8, 4) is 0 Å². The minimum atomic E-state index is -3.43. The van der Waals surface area contributed by atoms with E-state index in [2.05, 4.69) is 18.6 Å². The van der Waals surface area contributed by atoms with Gasteiger partial charge in [0.15, 0.2) is 0 Å². The van der Waals surface area contributed by atoms with E-state index in [0.717, 1.165) is 16.8 Å². The van der Waals surface area contributed by atoms with Crippen molar-refractivity contribution in [3.05, 3.63) is 59.7 Å². The van der Waals surface area contributed by atoms with Crippen molar-refractivity contribution >= 4 is 27.3 Å². The summed E-state index contributed by atoms with van der Waals surface area (Å²) in [7, 11) is -3.43. The molecule has 0 saturated carbocycles. The molecule has 0 spiro atoms. The van der Waals surface area contributed by atoms with Crippen LogP contribution in [0.1, 0.15) is 31.4 Å². The highest BCUT2D eigenvalue weighted by Gasteiger charge is 2.25. The predicted octanol–water partition coefficient (Wildman–Crippen LogP) is 3.61. The molecule has 1 aliphatic heterocycles. The van der Waals surface area contributed by atoms with Gasteiger partial charge in [-0.1, -0.05) is 44.2 Å². The lowest BCUT2D eigenvalue weighted by molar-refractivity contribution is -0.119. The zero-order valence-electron chi connectivity index (χ0n) is 15.8. The quantitative estimate of drug-likeness (QED) is 0.790. The fourth-order valence-corrected chi connectivity index (χ4v) is 4.41. The number of sulfonamides is 1. The molecule has 144 valence electrons. The van der Waals surface area contributed by atoms with Crippen LogP contribution in [-0.2, 0) is 27.7 Å². The Labute approximate surface area is 161 Å². The van der Waals surface area contributed by atoms with Crippen LogP contribution in [0.3, 0.4) is 0 Å². The first-order valence-electron chi connectivity index (χ1n) is 9.32. The van der Waals surface area contributed by atoms with E-state index >= 15 is 0 Å². The lowest BCUT2D eigenvalue weighted by Crippen LogP contribution is -2.37. The van der Waals surface area contributed by atoms with E-state index in [9.17, 15) is 13.2 Å². The summed E-state index contributed by atoms with van der Waals surface area (Å²) in [5, 5.41) is 0. The number of carbonyl (C=O) groups excluding carboxylic acids is 1. The number of amides is 1. The van der Waals surface area contributed by atoms with Crippen LogP contribution in [0.4, 0.5) is 11.4 Å². The van der Waals surface area contributed by atoms with Gasteiger partial charge in [0, 0.05) is 24.3 Å². The zero-order chi connectivity index (χ0) is 19.4. The summed E-state index contributed by atoms with van der Waals surface area (Å²) in [6.07, 6.45) is 1.57. The summed E-state index contributed by atoms with van der Waals surface area (Å²) in [5.41, 5.74) is 3.46. The molecule has 0 atom stereocenters. The zero-order valence-corrected chi connectivity index (χ0v) is 16.6. The number of carbonyl (C=O) groups is 1. The summed E-state index contributed by atoms with van der Waals surface area (Å²) in [5.74, 6) is 0.537. The first-order chi connectivity index (χ1) is 12.8. The van der Waals surface area contributed by atoms with E-state index in [1.54, 1.807) is 6.07 Å². The molecular weight excluding hydrogens is 360 g/mol. The van der Waals surface area contributed by atoms with Crippen molar-refractivity contribution in [2.24, 2.45) is 5.92 Å². The third-order valence-corrected chi connectivity index (χ3v) is 5.89. The number of fused-ring (bicyclic) bond motifs is 1. The van der Waals surface area contributed by atoms with Crippen molar-refractivity contribution in [2.45, 2.75) is 33.1 Å². The standard InChI is InChI=1S/C21H26N2O3S/c1-16(2)15-23-20-10-9-19(14-18(20)8-11-21(23)24)22-27(25,26)13-12-17-6-4-3-5-7-17/h3-7,9-10,14,16,22H,8,11-13,15H2,1-2H3. The number of anilines is 2. The van der Waals surface area contributed by atoms with E-state index in [1.165, 1.54) is 0 Å². The molecule has 1 heterocycles. The molecule has 27 heavy (non-hydrogen) atoms. The van der Waals surface area contributed by atoms with Gasteiger partial charge >= 0.3 is 0 Å². The fraction of sp³-hybridized carbons (Fsp3) is 0.381. The molecule has 2 aromatic carbocycles. The number of aryl methyl sites for hydroxylation is 2. The molecule has 0 radical (unpaired) electrons. The van der Waals surface area contributed by atoms with Gasteiger partial charge in [0.1, 0.15) is 0 Å². The topological polar surface area (TPSA) is 66.5 Å². The third-order valence-electron chi connectivity index (χ3n) is 4.60. The van der Waals surface area contributed by atoms with Crippen LogP contribution in [0.5, 0.6) is 0 Å². The monoisotopic (exact) mass is 386 g/mol. The van der Waals surface area contributed by atoms with Crippen molar-refractivity contribution in [1.29, 1.82) is 0 Å². The Bertz CT molecular complexity index is 908. The molecule has 0 fully saturated rings. The maximum Gasteiger partial charge on any atom is 0.233 e. The van der Waals surface area contributed by atoms with E-state index in [0.29, 0.717) is 37.4 Å². The maximum absolute atomic E-state index is 12.4. The highest BCUT2D eigenvalue weighted by Crippen LogP contribution is 2.31. The van der Waals surface area contributed by atoms with Gasteiger partial charge in [-0.3, -0.25) is 9.52 Å². The number of hydrogen-bond donors (Lipinski definition) is 1. The predicted molar refractivity (Wildman–Crippen MR) is 110 cm³/mol. The second-order valence-electron chi connectivity index (χ2n) is 7.40. The summed E-state index contributed by atoms with van der Waals surface area (Å²) in [6.45, 7) is 4.83. The molecule has 1 N–H and O–H groups in total. The summed E-state index contributed by atoms with van der Waals surface area (Å²) < 4.78 is 27.5. The molecule has 0 aliphatic carbocycles. The summed E-state index contributed by atoms with van der Waals surface area (Å²) in [4.78, 5) is 14.1. The van der Waals surface area contributed by atoms with Crippen LogP contribution in [0.25, 0.3) is 0 Å². The SMILES string of the molecule is CC(C)CN1C(=O)CCc2cc(NS(=O)(=O)CCc3ccccc3)ccc21. The van der Waals surface area contributed by atoms with Crippen LogP contribution in [0.15, 0.2) is 48.5 Å². The Morgan fingerprint density at radius 1 is 1.07 bits per heavy atom. The maximum atomic E-state index is 12.4. The van der Waals surface area contributed by atoms with Gasteiger partial charge in [0.2, 0.25) is 15.9 Å². The Morgan fingerprint density at radius 3 is 2.52 bits per heavy atom. The van der Waals surface area contributed by atoms with Gasteiger partial charge in [0.25, 0.3) is 0 Å². The van der Waals surface area contributed by atoms with E-state index < -0.39 is 10.0 Å². The van der Waals surface area contributed by atoms with Crippen molar-refractivity contribution < 1.29 is 13.2 Å². The van der Waals surface area contributed by atoms with Crippen molar-refractivity contribution in [3.63, 3.8) is 0 Å². The van der Waals surface area contributed by atoms with Gasteiger partial charge in [-0.2, -0.15) is 0 Å².